The van der Waals surface area contributed by atoms with Gasteiger partial charge in [0.2, 0.25) is 0 Å². The third-order valence-electron chi connectivity index (χ3n) is 16.5. The summed E-state index contributed by atoms with van der Waals surface area (Å²) in [5.41, 5.74) is 1.37. The van der Waals surface area contributed by atoms with E-state index in [-0.39, 0.29) is 59.1 Å². The number of allylic oxidation sites excluding steroid dienone is 6. The number of rotatable bonds is 20. The van der Waals surface area contributed by atoms with Gasteiger partial charge in [-0.2, -0.15) is 0 Å². The van der Waals surface area contributed by atoms with E-state index < -0.39 is 48.5 Å². The van der Waals surface area contributed by atoms with E-state index in [1.165, 1.54) is 6.08 Å². The van der Waals surface area contributed by atoms with Crippen molar-refractivity contribution >= 4 is 36.9 Å². The summed E-state index contributed by atoms with van der Waals surface area (Å²) in [5, 5.41) is 0.0748. The molecule has 0 aromatic heterocycles. The molecular formula is C59H102O9Si3. The van der Waals surface area contributed by atoms with Crippen LogP contribution in [-0.4, -0.2) is 92.8 Å². The molecule has 2 fully saturated rings. The summed E-state index contributed by atoms with van der Waals surface area (Å²) in [6.07, 6.45) is 25.9. The van der Waals surface area contributed by atoms with Gasteiger partial charge >= 0.3 is 11.9 Å². The number of hydrogen-bond acceptors (Lipinski definition) is 9. The van der Waals surface area contributed by atoms with Gasteiger partial charge in [-0.25, -0.2) is 9.59 Å². The van der Waals surface area contributed by atoms with Gasteiger partial charge in [0.05, 0.1) is 35.9 Å². The van der Waals surface area contributed by atoms with Crippen molar-refractivity contribution in [3.8, 4) is 0 Å². The summed E-state index contributed by atoms with van der Waals surface area (Å²) >= 11 is 0. The SMILES string of the molecule is C=C(CCC(C)C)COC(=O)[C@H](C/C=C/C[C@@H]1O[C@@H]2/C=C\C/C=C\C(C)=C/[C@H]3O[C@@H](C/C=C\C=C/C(=O)O[C@H](C2)[C@@]1(C)CO[Si](C)(C)C(C)(C)C)C[C@H](O[Si](C)(C)C(C)(C)C)[C@@H]3C)O[Si](CC)(CC)CC. The monoisotopic (exact) mass is 1040 g/mol. The summed E-state index contributed by atoms with van der Waals surface area (Å²) in [6.45, 7) is 45.0. The zero-order valence-electron chi connectivity index (χ0n) is 48.1. The molecular weight excluding hydrogens is 937 g/mol. The predicted molar refractivity (Wildman–Crippen MR) is 303 cm³/mol. The first kappa shape index (κ1) is 62.9. The highest BCUT2D eigenvalue weighted by atomic mass is 28.4. The van der Waals surface area contributed by atoms with Crippen LogP contribution < -0.4 is 0 Å². The Balaban J connectivity index is 2.00. The van der Waals surface area contributed by atoms with E-state index in [0.717, 1.165) is 48.5 Å². The van der Waals surface area contributed by atoms with Crippen molar-refractivity contribution in [1.29, 1.82) is 0 Å². The van der Waals surface area contributed by atoms with E-state index in [1.54, 1.807) is 6.08 Å². The van der Waals surface area contributed by atoms with Gasteiger partial charge in [0.1, 0.15) is 18.8 Å². The number of esters is 2. The predicted octanol–water partition coefficient (Wildman–Crippen LogP) is 15.5. The van der Waals surface area contributed by atoms with Crippen LogP contribution >= 0.6 is 0 Å². The highest BCUT2D eigenvalue weighted by molar-refractivity contribution is 6.74. The fourth-order valence-electron chi connectivity index (χ4n) is 8.88. The topological polar surface area (TPSA) is 98.8 Å². The molecule has 3 aliphatic heterocycles. The van der Waals surface area contributed by atoms with Crippen molar-refractivity contribution in [1.82, 2.24) is 0 Å². The van der Waals surface area contributed by atoms with E-state index in [9.17, 15) is 9.59 Å². The average molecular weight is 1040 g/mol. The van der Waals surface area contributed by atoms with Gasteiger partial charge in [-0.1, -0.05) is 163 Å². The number of hydrogen-bond donors (Lipinski definition) is 0. The van der Waals surface area contributed by atoms with E-state index in [1.807, 2.05) is 12.2 Å². The quantitative estimate of drug-likeness (QED) is 0.0671. The Morgan fingerprint density at radius 3 is 2.20 bits per heavy atom. The van der Waals surface area contributed by atoms with Gasteiger partial charge in [0, 0.05) is 31.4 Å². The molecule has 3 aliphatic rings. The van der Waals surface area contributed by atoms with Gasteiger partial charge in [-0.3, -0.25) is 0 Å². The van der Waals surface area contributed by atoms with Gasteiger partial charge in [-0.05, 0) is 111 Å². The van der Waals surface area contributed by atoms with Crippen molar-refractivity contribution in [2.45, 2.75) is 245 Å². The molecule has 71 heavy (non-hydrogen) atoms. The number of carbonyl (C=O) groups excluding carboxylic acids is 2. The normalized spacial score (nSPS) is 29.6. The minimum atomic E-state index is -2.24. The lowest BCUT2D eigenvalue weighted by Crippen LogP contribution is -2.57. The Kier molecular flexibility index (Phi) is 24.7. The van der Waals surface area contributed by atoms with Crippen LogP contribution in [0.2, 0.25) is 54.4 Å². The first-order chi connectivity index (χ1) is 33.0. The number of ether oxygens (including phenoxy) is 4. The fraction of sp³-hybridized carbons (Fsp3) is 0.729. The van der Waals surface area contributed by atoms with Crippen molar-refractivity contribution in [3.05, 3.63) is 84.6 Å². The number of fused-ring (bicyclic) bond motifs is 4. The van der Waals surface area contributed by atoms with Crippen LogP contribution in [0.15, 0.2) is 84.6 Å². The van der Waals surface area contributed by atoms with Gasteiger partial charge < -0.3 is 32.2 Å². The molecule has 404 valence electrons. The molecule has 0 spiro atoms. The van der Waals surface area contributed by atoms with E-state index in [2.05, 4.69) is 172 Å². The molecule has 0 aromatic carbocycles. The first-order valence-corrected chi connectivity index (χ1v) is 35.7. The van der Waals surface area contributed by atoms with Crippen LogP contribution in [0.5, 0.6) is 0 Å². The summed E-state index contributed by atoms with van der Waals surface area (Å²) in [7, 11) is -6.43. The second-order valence-corrected chi connectivity index (χ2v) is 39.0. The smallest absolute Gasteiger partial charge is 0.334 e. The van der Waals surface area contributed by atoms with E-state index in [0.29, 0.717) is 44.6 Å². The maximum absolute atomic E-state index is 13.9. The molecule has 12 heteroatoms. The van der Waals surface area contributed by atoms with Crippen molar-refractivity contribution in [2.75, 3.05) is 13.2 Å². The summed E-state index contributed by atoms with van der Waals surface area (Å²) in [6, 6.07) is 2.77. The fourth-order valence-corrected chi connectivity index (χ4v) is 14.2. The Morgan fingerprint density at radius 1 is 0.915 bits per heavy atom. The molecule has 2 saturated heterocycles. The zero-order chi connectivity index (χ0) is 53.4. The second-order valence-electron chi connectivity index (χ2n) is 24.7. The van der Waals surface area contributed by atoms with Crippen LogP contribution in [0, 0.1) is 17.3 Å². The average Bonchev–Trinajstić information content (AvgIpc) is 3.28. The minimum Gasteiger partial charge on any atom is -0.459 e. The summed E-state index contributed by atoms with van der Waals surface area (Å²) in [4.78, 5) is 27.7. The lowest BCUT2D eigenvalue weighted by molar-refractivity contribution is -0.197. The minimum absolute atomic E-state index is 0.0209. The summed E-state index contributed by atoms with van der Waals surface area (Å²) in [5.74, 6) is 0.00718. The van der Waals surface area contributed by atoms with Crippen LogP contribution in [0.3, 0.4) is 0 Å². The van der Waals surface area contributed by atoms with Crippen LogP contribution in [0.4, 0.5) is 0 Å². The molecule has 0 radical (unpaired) electrons. The molecule has 3 rings (SSSR count). The molecule has 9 atom stereocenters. The largest absolute Gasteiger partial charge is 0.459 e. The Bertz CT molecular complexity index is 1870. The van der Waals surface area contributed by atoms with Crippen molar-refractivity contribution in [3.63, 3.8) is 0 Å². The van der Waals surface area contributed by atoms with E-state index >= 15 is 0 Å². The Labute approximate surface area is 437 Å². The van der Waals surface area contributed by atoms with Gasteiger partial charge in [-0.15, -0.1) is 0 Å². The van der Waals surface area contributed by atoms with Crippen LogP contribution in [0.25, 0.3) is 0 Å². The van der Waals surface area contributed by atoms with Gasteiger partial charge in [0.25, 0.3) is 0 Å². The maximum Gasteiger partial charge on any atom is 0.334 e. The standard InChI is InChI=1S/C59H102O9Si3/c1-20-71(21-2,22-3)68-50(56(61)62-42-46(7)38-37-44(4)5)34-29-30-35-53-59(15,43-63-69(16,17)57(9,10)11)54-41-49(65-53)33-26-23-25-31-45(6)39-51-47(8)52(67-70(18,19)58(12,13)14)40-48(64-51)32-27-24-28-36-55(60)66-54/h24-31,33,36,39,44,47-54H,7,20-23,32,34-35,37-38,40-43H2,1-6,8-19H3/b27-24-,30-29+,31-25-,33-26-,36-28-,45-39-/t47-,48+,49-,50+,51-,52+,53+,54-,59+/m1/s1. The lowest BCUT2D eigenvalue weighted by Gasteiger charge is -2.50. The Morgan fingerprint density at radius 2 is 1.58 bits per heavy atom. The lowest BCUT2D eigenvalue weighted by atomic mass is 9.73. The molecule has 0 aliphatic carbocycles. The molecule has 0 amide bonds. The van der Waals surface area contributed by atoms with Crippen LogP contribution in [0.1, 0.15) is 148 Å². The molecule has 0 saturated carbocycles. The van der Waals surface area contributed by atoms with Gasteiger partial charge in [0.15, 0.2) is 25.0 Å². The maximum atomic E-state index is 13.9. The Hall–Kier alpha value is -2.43. The second kappa shape index (κ2) is 27.9. The van der Waals surface area contributed by atoms with E-state index in [4.69, 9.17) is 32.2 Å². The zero-order valence-corrected chi connectivity index (χ0v) is 51.1. The first-order valence-electron chi connectivity index (χ1n) is 27.4. The highest BCUT2D eigenvalue weighted by Gasteiger charge is 2.51. The van der Waals surface area contributed by atoms with Crippen molar-refractivity contribution in [2.24, 2.45) is 17.3 Å². The highest BCUT2D eigenvalue weighted by Crippen LogP contribution is 2.45. The molecule has 0 N–H and O–H groups in total. The summed E-state index contributed by atoms with van der Waals surface area (Å²) < 4.78 is 47.1. The molecule has 3 heterocycles. The molecule has 0 aromatic rings. The van der Waals surface area contributed by atoms with Crippen molar-refractivity contribution < 1.29 is 41.8 Å². The molecule has 0 unspecified atom stereocenters. The third-order valence-corrected chi connectivity index (χ3v) is 30.2. The molecule has 9 nitrogen and oxygen atoms in total. The van der Waals surface area contributed by atoms with Crippen LogP contribution in [-0.2, 0) is 41.8 Å². The molecule has 4 bridgehead atoms. The third kappa shape index (κ3) is 19.3. The number of carbonyl (C=O) groups is 2.